The molecule has 0 aliphatic rings. The summed E-state index contributed by atoms with van der Waals surface area (Å²) in [6.45, 7) is 7.54. The Bertz CT molecular complexity index is 589. The van der Waals surface area contributed by atoms with E-state index in [1.165, 1.54) is 12.1 Å². The number of nitrogens with two attached hydrogens (primary N) is 1. The zero-order valence-electron chi connectivity index (χ0n) is 14.1. The van der Waals surface area contributed by atoms with Crippen molar-refractivity contribution in [2.45, 2.75) is 57.4 Å². The number of aliphatic carboxylic acids is 1. The third-order valence-electron chi connectivity index (χ3n) is 3.67. The molecule has 23 heavy (non-hydrogen) atoms. The lowest BCUT2D eigenvalue weighted by atomic mass is 9.87. The van der Waals surface area contributed by atoms with Crippen molar-refractivity contribution >= 4 is 16.1 Å². The Balaban J connectivity index is 0.000000422. The zero-order valence-corrected chi connectivity index (χ0v) is 14.9. The first-order chi connectivity index (χ1) is 10.4. The summed E-state index contributed by atoms with van der Waals surface area (Å²) in [5, 5.41) is 8.76. The smallest absolute Gasteiger partial charge is 0.323 e. The Morgan fingerprint density at radius 3 is 1.96 bits per heavy atom. The first-order valence-electron chi connectivity index (χ1n) is 7.50. The Hall–Kier alpha value is -1.44. The monoisotopic (exact) mass is 345 g/mol. The number of carbonyl (C=O) groups is 1. The van der Waals surface area contributed by atoms with E-state index in [2.05, 4.69) is 13.8 Å². The van der Waals surface area contributed by atoms with Gasteiger partial charge in [0.05, 0.1) is 4.90 Å². The molecular formula is C16H27NO5S. The molecule has 0 spiro atoms. The van der Waals surface area contributed by atoms with Gasteiger partial charge in [-0.2, -0.15) is 8.42 Å². The molecule has 0 saturated carbocycles. The molecule has 0 radical (unpaired) electrons. The second-order valence-corrected chi connectivity index (χ2v) is 7.32. The lowest BCUT2D eigenvalue weighted by Gasteiger charge is -2.24. The van der Waals surface area contributed by atoms with Crippen LogP contribution in [0.4, 0.5) is 0 Å². The third-order valence-corrected chi connectivity index (χ3v) is 4.54. The van der Waals surface area contributed by atoms with Gasteiger partial charge in [-0.25, -0.2) is 0 Å². The topological polar surface area (TPSA) is 118 Å². The highest BCUT2D eigenvalue weighted by Gasteiger charge is 2.29. The molecule has 0 unspecified atom stereocenters. The Labute approximate surface area is 138 Å². The standard InChI is InChI=1S/C9H19NO2.C7H8O3S/c1-4-7(5-2)6-9(3,10)8(11)12;1-6-2-4-7(5-3-6)11(8,9)10/h7H,4-6,10H2,1-3H3,(H,11,12);2-5H,1H3,(H,8,9,10)/t9-;/m0./s1. The highest BCUT2D eigenvalue weighted by atomic mass is 32.2. The Morgan fingerprint density at radius 1 is 1.22 bits per heavy atom. The molecule has 0 aliphatic carbocycles. The average molecular weight is 345 g/mol. The van der Waals surface area contributed by atoms with Crippen LogP contribution in [0.1, 0.15) is 45.6 Å². The number of benzene rings is 1. The Kier molecular flexibility index (Phi) is 8.44. The molecule has 0 amide bonds. The second kappa shape index (κ2) is 9.00. The van der Waals surface area contributed by atoms with Crippen molar-refractivity contribution in [3.8, 4) is 0 Å². The van der Waals surface area contributed by atoms with Crippen molar-refractivity contribution in [3.05, 3.63) is 29.8 Å². The fourth-order valence-electron chi connectivity index (χ4n) is 1.97. The SMILES string of the molecule is CCC(CC)C[C@](C)(N)C(=O)O.Cc1ccc(S(=O)(=O)O)cc1. The minimum atomic E-state index is -4.02. The molecule has 132 valence electrons. The van der Waals surface area contributed by atoms with E-state index >= 15 is 0 Å². The quantitative estimate of drug-likeness (QED) is 0.682. The number of rotatable bonds is 6. The van der Waals surface area contributed by atoms with Crippen LogP contribution in [0.5, 0.6) is 0 Å². The number of aryl methyl sites for hydroxylation is 1. The van der Waals surface area contributed by atoms with E-state index in [1.54, 1.807) is 19.1 Å². The van der Waals surface area contributed by atoms with Crippen LogP contribution in [-0.2, 0) is 14.9 Å². The van der Waals surface area contributed by atoms with Crippen molar-refractivity contribution < 1.29 is 22.9 Å². The number of carboxylic acid groups (broad SMARTS) is 1. The number of hydrogen-bond donors (Lipinski definition) is 3. The minimum absolute atomic E-state index is 0.0666. The van der Waals surface area contributed by atoms with Crippen LogP contribution in [0.3, 0.4) is 0 Å². The summed E-state index contributed by atoms with van der Waals surface area (Å²) < 4.78 is 29.6. The highest BCUT2D eigenvalue weighted by Crippen LogP contribution is 2.20. The molecule has 1 atom stereocenters. The van der Waals surface area contributed by atoms with E-state index in [-0.39, 0.29) is 4.90 Å². The zero-order chi connectivity index (χ0) is 18.3. The maximum Gasteiger partial charge on any atom is 0.323 e. The summed E-state index contributed by atoms with van der Waals surface area (Å²) in [6, 6.07) is 5.99. The predicted molar refractivity (Wildman–Crippen MR) is 89.9 cm³/mol. The lowest BCUT2D eigenvalue weighted by Crippen LogP contribution is -2.46. The van der Waals surface area contributed by atoms with Crippen LogP contribution >= 0.6 is 0 Å². The van der Waals surface area contributed by atoms with Gasteiger partial charge < -0.3 is 10.8 Å². The van der Waals surface area contributed by atoms with Crippen LogP contribution < -0.4 is 5.73 Å². The van der Waals surface area contributed by atoms with E-state index in [1.807, 2.05) is 6.92 Å². The van der Waals surface area contributed by atoms with Crippen LogP contribution in [0, 0.1) is 12.8 Å². The van der Waals surface area contributed by atoms with Gasteiger partial charge >= 0.3 is 5.97 Å². The van der Waals surface area contributed by atoms with Gasteiger partial charge in [0.15, 0.2) is 0 Å². The fraction of sp³-hybridized carbons (Fsp3) is 0.562. The summed E-state index contributed by atoms with van der Waals surface area (Å²) in [7, 11) is -4.02. The minimum Gasteiger partial charge on any atom is -0.480 e. The van der Waals surface area contributed by atoms with Crippen molar-refractivity contribution in [2.75, 3.05) is 0 Å². The normalized spacial score (nSPS) is 13.9. The first-order valence-corrected chi connectivity index (χ1v) is 8.94. The maximum atomic E-state index is 10.7. The molecule has 0 saturated heterocycles. The molecule has 1 aromatic rings. The van der Waals surface area contributed by atoms with Crippen molar-refractivity contribution in [1.82, 2.24) is 0 Å². The summed E-state index contributed by atoms with van der Waals surface area (Å²) >= 11 is 0. The molecule has 7 heteroatoms. The summed E-state index contributed by atoms with van der Waals surface area (Å²) in [5.74, 6) is -0.481. The van der Waals surface area contributed by atoms with Crippen LogP contribution in [-0.4, -0.2) is 29.6 Å². The van der Waals surface area contributed by atoms with E-state index in [9.17, 15) is 13.2 Å². The lowest BCUT2D eigenvalue weighted by molar-refractivity contribution is -0.143. The summed E-state index contributed by atoms with van der Waals surface area (Å²) in [5.41, 5.74) is 5.51. The summed E-state index contributed by atoms with van der Waals surface area (Å²) in [6.07, 6.45) is 2.56. The molecule has 0 aromatic heterocycles. The summed E-state index contributed by atoms with van der Waals surface area (Å²) in [4.78, 5) is 10.6. The molecular weight excluding hydrogens is 318 g/mol. The van der Waals surface area contributed by atoms with Gasteiger partial charge in [-0.15, -0.1) is 0 Å². The van der Waals surface area contributed by atoms with Crippen molar-refractivity contribution in [3.63, 3.8) is 0 Å². The van der Waals surface area contributed by atoms with Gasteiger partial charge in [-0.3, -0.25) is 9.35 Å². The van der Waals surface area contributed by atoms with Gasteiger partial charge in [0.2, 0.25) is 0 Å². The molecule has 4 N–H and O–H groups in total. The van der Waals surface area contributed by atoms with Gasteiger partial charge in [-0.1, -0.05) is 44.4 Å². The highest BCUT2D eigenvalue weighted by molar-refractivity contribution is 7.85. The molecule has 1 aromatic carbocycles. The first kappa shape index (κ1) is 21.6. The molecule has 0 heterocycles. The predicted octanol–water partition coefficient (Wildman–Crippen LogP) is 2.86. The van der Waals surface area contributed by atoms with E-state index in [4.69, 9.17) is 15.4 Å². The maximum absolute atomic E-state index is 10.7. The molecule has 0 aliphatic heterocycles. The average Bonchev–Trinajstić information content (AvgIpc) is 2.44. The second-order valence-electron chi connectivity index (χ2n) is 5.90. The van der Waals surface area contributed by atoms with Crippen LogP contribution in [0.2, 0.25) is 0 Å². The molecule has 0 bridgehead atoms. The Morgan fingerprint density at radius 2 is 1.65 bits per heavy atom. The largest absolute Gasteiger partial charge is 0.480 e. The van der Waals surface area contributed by atoms with E-state index in [0.29, 0.717) is 12.3 Å². The molecule has 1 rings (SSSR count). The number of carboxylic acids is 1. The van der Waals surface area contributed by atoms with Gasteiger partial charge in [0, 0.05) is 0 Å². The fourth-order valence-corrected chi connectivity index (χ4v) is 2.45. The van der Waals surface area contributed by atoms with Crippen LogP contribution in [0.25, 0.3) is 0 Å². The van der Waals surface area contributed by atoms with Crippen molar-refractivity contribution in [2.24, 2.45) is 11.7 Å². The van der Waals surface area contributed by atoms with E-state index in [0.717, 1.165) is 18.4 Å². The van der Waals surface area contributed by atoms with Gasteiger partial charge in [-0.05, 0) is 38.3 Å². The van der Waals surface area contributed by atoms with E-state index < -0.39 is 21.6 Å². The van der Waals surface area contributed by atoms with Crippen molar-refractivity contribution in [1.29, 1.82) is 0 Å². The van der Waals surface area contributed by atoms with Gasteiger partial charge in [0.1, 0.15) is 5.54 Å². The van der Waals surface area contributed by atoms with Crippen LogP contribution in [0.15, 0.2) is 29.2 Å². The molecule has 0 fully saturated rings. The molecule has 6 nitrogen and oxygen atoms in total. The number of hydrogen-bond acceptors (Lipinski definition) is 4. The third kappa shape index (κ3) is 8.11. The van der Waals surface area contributed by atoms with Gasteiger partial charge in [0.25, 0.3) is 10.1 Å².